The van der Waals surface area contributed by atoms with Crippen LogP contribution in [-0.4, -0.2) is 17.7 Å². The largest absolute Gasteiger partial charge is 0.442 e. The number of ether oxygens (including phenoxy) is 1. The molecule has 0 aliphatic heterocycles. The second kappa shape index (κ2) is 4.99. The lowest BCUT2D eigenvalue weighted by Crippen LogP contribution is -2.45. The molecule has 0 aliphatic carbocycles. The van der Waals surface area contributed by atoms with Crippen LogP contribution in [-0.2, 0) is 4.74 Å². The molecule has 0 heterocycles. The van der Waals surface area contributed by atoms with Gasteiger partial charge in [0, 0.05) is 11.7 Å². The van der Waals surface area contributed by atoms with Crippen LogP contribution in [0.4, 0.5) is 10.5 Å². The highest BCUT2D eigenvalue weighted by Crippen LogP contribution is 2.14. The molecule has 0 saturated heterocycles. The molecule has 88 valence electrons. The minimum Gasteiger partial charge on any atom is -0.442 e. The van der Waals surface area contributed by atoms with Crippen molar-refractivity contribution in [2.24, 2.45) is 5.73 Å². The smallest absolute Gasteiger partial charge is 0.412 e. The van der Waals surface area contributed by atoms with Crippen LogP contribution in [0.1, 0.15) is 20.8 Å². The predicted molar refractivity (Wildman–Crippen MR) is 64.3 cm³/mol. The van der Waals surface area contributed by atoms with Gasteiger partial charge in [-0.05, 0) is 32.9 Å². The fraction of sp³-hybridized carbons (Fsp3) is 0.417. The number of hydrogen-bond acceptors (Lipinski definition) is 3. The Morgan fingerprint density at radius 3 is 2.44 bits per heavy atom. The number of para-hydroxylation sites is 1. The summed E-state index contributed by atoms with van der Waals surface area (Å²) in [4.78, 5) is 11.5. The maximum absolute atomic E-state index is 11.5. The van der Waals surface area contributed by atoms with Gasteiger partial charge in [-0.2, -0.15) is 0 Å². The van der Waals surface area contributed by atoms with Crippen LogP contribution < -0.4 is 11.1 Å². The number of nitrogens with two attached hydrogens (primary N) is 1. The van der Waals surface area contributed by atoms with E-state index in [9.17, 15) is 4.79 Å². The molecular formula is C12H18N2O2. The van der Waals surface area contributed by atoms with Crippen LogP contribution in [0, 0.1) is 0 Å². The van der Waals surface area contributed by atoms with Gasteiger partial charge in [0.2, 0.25) is 0 Å². The van der Waals surface area contributed by atoms with E-state index >= 15 is 0 Å². The van der Waals surface area contributed by atoms with Crippen molar-refractivity contribution in [1.29, 1.82) is 0 Å². The number of carbonyl (C=O) groups is 1. The van der Waals surface area contributed by atoms with Gasteiger partial charge in [-0.25, -0.2) is 4.79 Å². The van der Waals surface area contributed by atoms with E-state index in [0.29, 0.717) is 5.69 Å². The quantitative estimate of drug-likeness (QED) is 0.825. The van der Waals surface area contributed by atoms with E-state index < -0.39 is 11.7 Å². The predicted octanol–water partition coefficient (Wildman–Crippen LogP) is 2.36. The molecule has 0 aliphatic rings. The van der Waals surface area contributed by atoms with E-state index in [1.807, 2.05) is 18.2 Å². The van der Waals surface area contributed by atoms with Gasteiger partial charge < -0.3 is 10.5 Å². The van der Waals surface area contributed by atoms with Crippen LogP contribution in [0.15, 0.2) is 30.3 Å². The summed E-state index contributed by atoms with van der Waals surface area (Å²) in [5.41, 5.74) is 5.73. The van der Waals surface area contributed by atoms with E-state index in [2.05, 4.69) is 5.32 Å². The van der Waals surface area contributed by atoms with E-state index in [-0.39, 0.29) is 6.04 Å². The average Bonchev–Trinajstić information content (AvgIpc) is 2.17. The van der Waals surface area contributed by atoms with Gasteiger partial charge in [0.05, 0.1) is 0 Å². The molecule has 0 saturated carbocycles. The summed E-state index contributed by atoms with van der Waals surface area (Å²) in [5.74, 6) is 0. The highest BCUT2D eigenvalue weighted by Gasteiger charge is 2.27. The molecule has 1 unspecified atom stereocenters. The molecule has 0 aromatic heterocycles. The second-order valence-electron chi connectivity index (χ2n) is 4.27. The lowest BCUT2D eigenvalue weighted by Gasteiger charge is -2.28. The highest BCUT2D eigenvalue weighted by atomic mass is 16.6. The lowest BCUT2D eigenvalue weighted by atomic mass is 10.0. The summed E-state index contributed by atoms with van der Waals surface area (Å²) < 4.78 is 5.23. The van der Waals surface area contributed by atoms with Crippen LogP contribution in [0.3, 0.4) is 0 Å². The van der Waals surface area contributed by atoms with Crippen molar-refractivity contribution >= 4 is 11.8 Å². The number of carbonyl (C=O) groups excluding carboxylic acids is 1. The monoisotopic (exact) mass is 222 g/mol. The van der Waals surface area contributed by atoms with Crippen LogP contribution in [0.2, 0.25) is 0 Å². The van der Waals surface area contributed by atoms with Crippen molar-refractivity contribution < 1.29 is 9.53 Å². The Morgan fingerprint density at radius 1 is 1.38 bits per heavy atom. The van der Waals surface area contributed by atoms with Gasteiger partial charge in [-0.1, -0.05) is 18.2 Å². The zero-order valence-corrected chi connectivity index (χ0v) is 9.86. The topological polar surface area (TPSA) is 64.3 Å². The highest BCUT2D eigenvalue weighted by molar-refractivity contribution is 5.84. The number of rotatable bonds is 3. The standard InChI is InChI=1S/C12H18N2O2/c1-9(13)12(2,3)16-11(15)14-10-7-5-4-6-8-10/h4-9H,13H2,1-3H3,(H,14,15). The second-order valence-corrected chi connectivity index (χ2v) is 4.27. The Bertz CT molecular complexity index is 347. The Kier molecular flexibility index (Phi) is 3.90. The summed E-state index contributed by atoms with van der Waals surface area (Å²) in [6.45, 7) is 5.36. The number of nitrogens with one attached hydrogen (secondary N) is 1. The van der Waals surface area contributed by atoms with Crippen LogP contribution in [0.25, 0.3) is 0 Å². The summed E-state index contributed by atoms with van der Waals surface area (Å²) in [6.07, 6.45) is -0.492. The van der Waals surface area contributed by atoms with Gasteiger partial charge in [0.15, 0.2) is 0 Å². The number of hydrogen-bond donors (Lipinski definition) is 2. The molecule has 1 aromatic carbocycles. The fourth-order valence-corrected chi connectivity index (χ4v) is 0.997. The van der Waals surface area contributed by atoms with Crippen molar-refractivity contribution in [3.8, 4) is 0 Å². The Morgan fingerprint density at radius 2 is 1.94 bits per heavy atom. The van der Waals surface area contributed by atoms with E-state index in [1.165, 1.54) is 0 Å². The summed E-state index contributed by atoms with van der Waals surface area (Å²) in [7, 11) is 0. The maximum Gasteiger partial charge on any atom is 0.412 e. The number of anilines is 1. The SMILES string of the molecule is CC(N)C(C)(C)OC(=O)Nc1ccccc1. The zero-order chi connectivity index (χ0) is 12.2. The molecule has 1 aromatic rings. The van der Waals surface area contributed by atoms with Gasteiger partial charge in [0.1, 0.15) is 5.60 Å². The molecule has 4 heteroatoms. The molecule has 0 radical (unpaired) electrons. The van der Waals surface area contributed by atoms with E-state index in [1.54, 1.807) is 32.9 Å². The van der Waals surface area contributed by atoms with Crippen LogP contribution in [0.5, 0.6) is 0 Å². The first-order valence-electron chi connectivity index (χ1n) is 5.22. The van der Waals surface area contributed by atoms with Crippen molar-refractivity contribution in [3.63, 3.8) is 0 Å². The Labute approximate surface area is 95.8 Å². The van der Waals surface area contributed by atoms with E-state index in [0.717, 1.165) is 0 Å². The minimum absolute atomic E-state index is 0.228. The first-order valence-corrected chi connectivity index (χ1v) is 5.22. The zero-order valence-electron chi connectivity index (χ0n) is 9.86. The average molecular weight is 222 g/mol. The fourth-order valence-electron chi connectivity index (χ4n) is 0.997. The van der Waals surface area contributed by atoms with Crippen LogP contribution >= 0.6 is 0 Å². The van der Waals surface area contributed by atoms with Crippen molar-refractivity contribution in [2.45, 2.75) is 32.4 Å². The van der Waals surface area contributed by atoms with Crippen molar-refractivity contribution in [3.05, 3.63) is 30.3 Å². The molecule has 1 amide bonds. The molecule has 1 rings (SSSR count). The lowest BCUT2D eigenvalue weighted by molar-refractivity contribution is 0.0330. The minimum atomic E-state index is -0.682. The Hall–Kier alpha value is -1.55. The maximum atomic E-state index is 11.5. The third-order valence-corrected chi connectivity index (χ3v) is 2.47. The molecule has 4 nitrogen and oxygen atoms in total. The third kappa shape index (κ3) is 3.55. The molecule has 0 bridgehead atoms. The Balaban J connectivity index is 2.55. The molecule has 3 N–H and O–H groups in total. The molecule has 1 atom stereocenters. The summed E-state index contributed by atoms with van der Waals surface area (Å²) in [5, 5.41) is 2.64. The summed E-state index contributed by atoms with van der Waals surface area (Å²) >= 11 is 0. The molecule has 16 heavy (non-hydrogen) atoms. The molecule has 0 spiro atoms. The molecule has 0 fully saturated rings. The first-order chi connectivity index (χ1) is 7.42. The first kappa shape index (κ1) is 12.5. The third-order valence-electron chi connectivity index (χ3n) is 2.47. The normalized spacial score (nSPS) is 13.0. The summed E-state index contributed by atoms with van der Waals surface area (Å²) in [6, 6.07) is 8.91. The van der Waals surface area contributed by atoms with Crippen molar-refractivity contribution in [2.75, 3.05) is 5.32 Å². The van der Waals surface area contributed by atoms with Gasteiger partial charge in [-0.15, -0.1) is 0 Å². The van der Waals surface area contributed by atoms with E-state index in [4.69, 9.17) is 10.5 Å². The van der Waals surface area contributed by atoms with Crippen molar-refractivity contribution in [1.82, 2.24) is 0 Å². The number of benzene rings is 1. The van der Waals surface area contributed by atoms with Gasteiger partial charge in [-0.3, -0.25) is 5.32 Å². The number of amides is 1. The molecular weight excluding hydrogens is 204 g/mol. The van der Waals surface area contributed by atoms with Gasteiger partial charge >= 0.3 is 6.09 Å². The van der Waals surface area contributed by atoms with Gasteiger partial charge in [0.25, 0.3) is 0 Å².